The van der Waals surface area contributed by atoms with E-state index in [0.29, 0.717) is 16.3 Å². The molecule has 1 heterocycles. The molecule has 0 bridgehead atoms. The topological polar surface area (TPSA) is 79.8 Å². The highest BCUT2D eigenvalue weighted by molar-refractivity contribution is 7.12. The first-order chi connectivity index (χ1) is 14.0. The first-order valence-electron chi connectivity index (χ1n) is 9.00. The molecule has 6 nitrogen and oxygen atoms in total. The van der Waals surface area contributed by atoms with Gasteiger partial charge in [-0.05, 0) is 66.8 Å². The van der Waals surface area contributed by atoms with Gasteiger partial charge in [0.05, 0.1) is 10.6 Å². The normalized spacial score (nSPS) is 11.0. The number of ether oxygens (including phenoxy) is 1. The van der Waals surface area contributed by atoms with Gasteiger partial charge in [-0.15, -0.1) is 11.3 Å². The van der Waals surface area contributed by atoms with Crippen molar-refractivity contribution in [1.29, 1.82) is 0 Å². The predicted octanol–water partition coefficient (Wildman–Crippen LogP) is 4.23. The zero-order valence-electron chi connectivity index (χ0n) is 16.1. The minimum Gasteiger partial charge on any atom is -0.484 e. The second-order valence-corrected chi connectivity index (χ2v) is 7.24. The number of carbonyl (C=O) groups is 2. The lowest BCUT2D eigenvalue weighted by atomic mass is 10.1. The number of anilines is 1. The second kappa shape index (κ2) is 9.66. The van der Waals surface area contributed by atoms with Crippen molar-refractivity contribution in [2.75, 3.05) is 11.9 Å². The summed E-state index contributed by atoms with van der Waals surface area (Å²) >= 11 is 1.36. The SMILES string of the molecule is C/C(=N/NC(=O)c1cccs1)c1ccc(OCC(=O)Nc2ccccc2C)cc1. The Balaban J connectivity index is 1.51. The zero-order chi connectivity index (χ0) is 20.6. The van der Waals surface area contributed by atoms with E-state index in [9.17, 15) is 9.59 Å². The van der Waals surface area contributed by atoms with E-state index in [4.69, 9.17) is 4.74 Å². The number of thiophene rings is 1. The third-order valence-electron chi connectivity index (χ3n) is 4.13. The number of nitrogens with zero attached hydrogens (tertiary/aromatic N) is 1. The zero-order valence-corrected chi connectivity index (χ0v) is 17.0. The maximum absolute atomic E-state index is 12.1. The lowest BCUT2D eigenvalue weighted by Gasteiger charge is -2.10. The molecule has 1 aromatic heterocycles. The molecule has 0 fully saturated rings. The average Bonchev–Trinajstić information content (AvgIpc) is 3.27. The van der Waals surface area contributed by atoms with Crippen LogP contribution in [0.1, 0.15) is 27.7 Å². The fourth-order valence-electron chi connectivity index (χ4n) is 2.50. The Hall–Kier alpha value is -3.45. The van der Waals surface area contributed by atoms with Gasteiger partial charge in [-0.25, -0.2) is 5.43 Å². The number of rotatable bonds is 7. The molecule has 2 amide bonds. The summed E-state index contributed by atoms with van der Waals surface area (Å²) in [6.45, 7) is 3.65. The van der Waals surface area contributed by atoms with Crippen molar-refractivity contribution in [2.24, 2.45) is 5.10 Å². The Morgan fingerprint density at radius 2 is 1.79 bits per heavy atom. The van der Waals surface area contributed by atoms with Crippen molar-refractivity contribution in [3.63, 3.8) is 0 Å². The standard InChI is InChI=1S/C22H21N3O3S/c1-15-6-3-4-7-19(15)23-21(26)14-28-18-11-9-17(10-12-18)16(2)24-25-22(27)20-8-5-13-29-20/h3-13H,14H2,1-2H3,(H,23,26)(H,25,27)/b24-16-. The maximum atomic E-state index is 12.1. The molecule has 0 unspecified atom stereocenters. The van der Waals surface area contributed by atoms with Gasteiger partial charge in [0.1, 0.15) is 5.75 Å². The van der Waals surface area contributed by atoms with Crippen LogP contribution in [0.5, 0.6) is 5.75 Å². The first-order valence-corrected chi connectivity index (χ1v) is 9.88. The van der Waals surface area contributed by atoms with Crippen LogP contribution in [-0.4, -0.2) is 24.1 Å². The lowest BCUT2D eigenvalue weighted by molar-refractivity contribution is -0.118. The van der Waals surface area contributed by atoms with Crippen LogP contribution in [0.3, 0.4) is 0 Å². The van der Waals surface area contributed by atoms with Gasteiger partial charge < -0.3 is 10.1 Å². The summed E-state index contributed by atoms with van der Waals surface area (Å²) in [6.07, 6.45) is 0. The van der Waals surface area contributed by atoms with Gasteiger partial charge in [-0.3, -0.25) is 9.59 Å². The molecule has 2 N–H and O–H groups in total. The van der Waals surface area contributed by atoms with E-state index in [1.807, 2.05) is 54.8 Å². The van der Waals surface area contributed by atoms with Gasteiger partial charge in [0.2, 0.25) is 0 Å². The summed E-state index contributed by atoms with van der Waals surface area (Å²) in [4.78, 5) is 24.6. The largest absolute Gasteiger partial charge is 0.484 e. The minimum absolute atomic E-state index is 0.0857. The Bertz CT molecular complexity index is 1010. The summed E-state index contributed by atoms with van der Waals surface area (Å²) in [7, 11) is 0. The lowest BCUT2D eigenvalue weighted by Crippen LogP contribution is -2.20. The van der Waals surface area contributed by atoms with Gasteiger partial charge in [0, 0.05) is 5.69 Å². The average molecular weight is 407 g/mol. The van der Waals surface area contributed by atoms with E-state index in [1.165, 1.54) is 11.3 Å². The molecule has 0 saturated carbocycles. The van der Waals surface area contributed by atoms with Crippen LogP contribution in [0.25, 0.3) is 0 Å². The molecule has 2 aromatic carbocycles. The molecular weight excluding hydrogens is 386 g/mol. The van der Waals surface area contributed by atoms with E-state index in [2.05, 4.69) is 15.8 Å². The van der Waals surface area contributed by atoms with Gasteiger partial charge in [-0.1, -0.05) is 24.3 Å². The van der Waals surface area contributed by atoms with Gasteiger partial charge in [0.25, 0.3) is 11.8 Å². The van der Waals surface area contributed by atoms with Crippen LogP contribution in [-0.2, 0) is 4.79 Å². The van der Waals surface area contributed by atoms with Crippen molar-refractivity contribution in [1.82, 2.24) is 5.43 Å². The Labute approximate surface area is 173 Å². The van der Waals surface area contributed by atoms with Gasteiger partial charge in [0.15, 0.2) is 6.61 Å². The van der Waals surface area contributed by atoms with Gasteiger partial charge >= 0.3 is 0 Å². The molecule has 0 saturated heterocycles. The number of para-hydroxylation sites is 1. The first kappa shape index (κ1) is 20.3. The highest BCUT2D eigenvalue weighted by atomic mass is 32.1. The monoisotopic (exact) mass is 407 g/mol. The van der Waals surface area contributed by atoms with Crippen molar-refractivity contribution < 1.29 is 14.3 Å². The summed E-state index contributed by atoms with van der Waals surface area (Å²) in [5.41, 5.74) is 5.81. The number of aryl methyl sites for hydroxylation is 1. The third kappa shape index (κ3) is 5.76. The molecule has 3 aromatic rings. The Kier molecular flexibility index (Phi) is 6.76. The summed E-state index contributed by atoms with van der Waals surface area (Å²) < 4.78 is 5.54. The molecule has 0 aliphatic rings. The number of hydrazone groups is 1. The van der Waals surface area contributed by atoms with Gasteiger partial charge in [-0.2, -0.15) is 5.10 Å². The van der Waals surface area contributed by atoms with Crippen LogP contribution in [0, 0.1) is 6.92 Å². The number of carbonyl (C=O) groups excluding carboxylic acids is 2. The molecule has 0 spiro atoms. The molecule has 0 aliphatic carbocycles. The van der Waals surface area contributed by atoms with Crippen molar-refractivity contribution in [2.45, 2.75) is 13.8 Å². The van der Waals surface area contributed by atoms with Crippen LogP contribution >= 0.6 is 11.3 Å². The van der Waals surface area contributed by atoms with E-state index < -0.39 is 0 Å². The second-order valence-electron chi connectivity index (χ2n) is 6.29. The van der Waals surface area contributed by atoms with E-state index >= 15 is 0 Å². The predicted molar refractivity (Wildman–Crippen MR) is 116 cm³/mol. The van der Waals surface area contributed by atoms with Crippen LogP contribution in [0.4, 0.5) is 5.69 Å². The Morgan fingerprint density at radius 3 is 2.48 bits per heavy atom. The number of hydrogen-bond acceptors (Lipinski definition) is 5. The molecule has 29 heavy (non-hydrogen) atoms. The molecule has 0 radical (unpaired) electrons. The van der Waals surface area contributed by atoms with Crippen LogP contribution < -0.4 is 15.5 Å². The summed E-state index contributed by atoms with van der Waals surface area (Å²) in [6, 6.07) is 18.3. The minimum atomic E-state index is -0.237. The molecule has 3 rings (SSSR count). The number of benzene rings is 2. The van der Waals surface area contributed by atoms with Crippen LogP contribution in [0.2, 0.25) is 0 Å². The molecule has 7 heteroatoms. The smallest absolute Gasteiger partial charge is 0.281 e. The van der Waals surface area contributed by atoms with E-state index in [0.717, 1.165) is 16.8 Å². The van der Waals surface area contributed by atoms with Crippen LogP contribution in [0.15, 0.2) is 71.1 Å². The summed E-state index contributed by atoms with van der Waals surface area (Å²) in [5, 5.41) is 8.79. The highest BCUT2D eigenvalue weighted by Gasteiger charge is 2.07. The number of hydrogen-bond donors (Lipinski definition) is 2. The molecule has 0 atom stereocenters. The number of amides is 2. The molecule has 148 valence electrons. The third-order valence-corrected chi connectivity index (χ3v) is 5.00. The van der Waals surface area contributed by atoms with E-state index in [1.54, 1.807) is 25.1 Å². The fraction of sp³-hybridized carbons (Fsp3) is 0.136. The summed E-state index contributed by atoms with van der Waals surface area (Å²) in [5.74, 6) is 0.112. The highest BCUT2D eigenvalue weighted by Crippen LogP contribution is 2.15. The van der Waals surface area contributed by atoms with Crippen molar-refractivity contribution >= 4 is 34.6 Å². The molecule has 0 aliphatic heterocycles. The molecular formula is C22H21N3O3S. The Morgan fingerprint density at radius 1 is 1.03 bits per heavy atom. The van der Waals surface area contributed by atoms with E-state index in [-0.39, 0.29) is 18.4 Å². The number of nitrogens with one attached hydrogen (secondary N) is 2. The maximum Gasteiger partial charge on any atom is 0.281 e. The van der Waals surface area contributed by atoms with Crippen molar-refractivity contribution in [3.8, 4) is 5.75 Å². The fourth-order valence-corrected chi connectivity index (χ4v) is 3.12. The van der Waals surface area contributed by atoms with Crippen molar-refractivity contribution in [3.05, 3.63) is 82.0 Å². The quantitative estimate of drug-likeness (QED) is 0.454.